The zero-order chi connectivity index (χ0) is 10.8. The summed E-state index contributed by atoms with van der Waals surface area (Å²) in [6.45, 7) is 6.13. The van der Waals surface area contributed by atoms with Crippen molar-refractivity contribution in [2.45, 2.75) is 25.8 Å². The molecular formula is C12H15NS2. The zero-order valence-corrected chi connectivity index (χ0v) is 10.5. The summed E-state index contributed by atoms with van der Waals surface area (Å²) in [4.78, 5) is 1.28. The van der Waals surface area contributed by atoms with Gasteiger partial charge in [-0.1, -0.05) is 19.1 Å². The molecule has 0 aliphatic heterocycles. The highest BCUT2D eigenvalue weighted by Crippen LogP contribution is 2.34. The fourth-order valence-electron chi connectivity index (χ4n) is 1.52. The summed E-state index contributed by atoms with van der Waals surface area (Å²) in [5, 5.41) is 2.13. The minimum absolute atomic E-state index is 0.127. The molecule has 0 amide bonds. The molecule has 15 heavy (non-hydrogen) atoms. The summed E-state index contributed by atoms with van der Waals surface area (Å²) in [6.07, 6.45) is 1.93. The predicted molar refractivity (Wildman–Crippen MR) is 70.7 cm³/mol. The van der Waals surface area contributed by atoms with Gasteiger partial charge in [0, 0.05) is 20.3 Å². The van der Waals surface area contributed by atoms with Crippen molar-refractivity contribution in [2.24, 2.45) is 5.73 Å². The molecule has 2 N–H and O–H groups in total. The number of nitrogens with two attached hydrogens (primary N) is 1. The molecule has 1 atom stereocenters. The van der Waals surface area contributed by atoms with Crippen LogP contribution in [0.5, 0.6) is 0 Å². The van der Waals surface area contributed by atoms with E-state index in [1.165, 1.54) is 19.9 Å². The van der Waals surface area contributed by atoms with Gasteiger partial charge >= 0.3 is 0 Å². The van der Waals surface area contributed by atoms with Crippen molar-refractivity contribution < 1.29 is 0 Å². The summed E-state index contributed by atoms with van der Waals surface area (Å²) in [5.74, 6) is 0. The molecule has 0 saturated heterocycles. The average molecular weight is 237 g/mol. The van der Waals surface area contributed by atoms with Crippen LogP contribution in [0.1, 0.15) is 30.7 Å². The Labute approximate surface area is 98.2 Å². The van der Waals surface area contributed by atoms with E-state index in [9.17, 15) is 0 Å². The van der Waals surface area contributed by atoms with Gasteiger partial charge in [0.15, 0.2) is 0 Å². The van der Waals surface area contributed by atoms with Crippen LogP contribution < -0.4 is 5.73 Å². The van der Waals surface area contributed by atoms with E-state index in [0.717, 1.165) is 12.8 Å². The van der Waals surface area contributed by atoms with E-state index in [-0.39, 0.29) is 6.04 Å². The zero-order valence-electron chi connectivity index (χ0n) is 8.82. The second kappa shape index (κ2) is 4.47. The molecule has 0 aliphatic rings. The maximum atomic E-state index is 6.15. The van der Waals surface area contributed by atoms with E-state index < -0.39 is 0 Å². The van der Waals surface area contributed by atoms with Crippen LogP contribution >= 0.6 is 22.7 Å². The van der Waals surface area contributed by atoms with Crippen LogP contribution in [-0.2, 0) is 0 Å². The molecule has 0 fully saturated rings. The van der Waals surface area contributed by atoms with Crippen LogP contribution in [0.4, 0.5) is 0 Å². The van der Waals surface area contributed by atoms with E-state index in [0.29, 0.717) is 0 Å². The van der Waals surface area contributed by atoms with E-state index >= 15 is 0 Å². The highest BCUT2D eigenvalue weighted by Gasteiger charge is 2.11. The molecule has 80 valence electrons. The van der Waals surface area contributed by atoms with Gasteiger partial charge in [0.1, 0.15) is 0 Å². The van der Waals surface area contributed by atoms with Crippen molar-refractivity contribution in [3.63, 3.8) is 0 Å². The fourth-order valence-corrected chi connectivity index (χ4v) is 3.64. The van der Waals surface area contributed by atoms with Gasteiger partial charge in [0.05, 0.1) is 0 Å². The first-order valence-electron chi connectivity index (χ1n) is 5.10. The third-order valence-electron chi connectivity index (χ3n) is 2.53. The van der Waals surface area contributed by atoms with Crippen molar-refractivity contribution in [3.05, 3.63) is 34.5 Å². The van der Waals surface area contributed by atoms with Gasteiger partial charge in [-0.2, -0.15) is 0 Å². The summed E-state index contributed by atoms with van der Waals surface area (Å²) < 4.78 is 2.71. The Morgan fingerprint density at radius 2 is 2.33 bits per heavy atom. The topological polar surface area (TPSA) is 26.0 Å². The number of fused-ring (bicyclic) bond motifs is 1. The van der Waals surface area contributed by atoms with Gasteiger partial charge in [0.2, 0.25) is 0 Å². The van der Waals surface area contributed by atoms with Gasteiger partial charge < -0.3 is 5.73 Å². The molecule has 0 aliphatic carbocycles. The highest BCUT2D eigenvalue weighted by molar-refractivity contribution is 7.26. The SMILES string of the molecule is C=C(CC)CC(N)c1cc2sccc2s1. The van der Waals surface area contributed by atoms with E-state index in [1.807, 2.05) is 11.3 Å². The van der Waals surface area contributed by atoms with Crippen LogP contribution in [0, 0.1) is 0 Å². The lowest BCUT2D eigenvalue weighted by molar-refractivity contribution is 0.714. The van der Waals surface area contributed by atoms with Gasteiger partial charge in [-0.15, -0.1) is 22.7 Å². The van der Waals surface area contributed by atoms with Crippen molar-refractivity contribution in [1.29, 1.82) is 0 Å². The quantitative estimate of drug-likeness (QED) is 0.787. The first kappa shape index (κ1) is 10.9. The lowest BCUT2D eigenvalue weighted by Gasteiger charge is -2.09. The van der Waals surface area contributed by atoms with Crippen LogP contribution in [0.25, 0.3) is 9.40 Å². The summed E-state index contributed by atoms with van der Waals surface area (Å²) in [7, 11) is 0. The van der Waals surface area contributed by atoms with E-state index in [2.05, 4.69) is 31.0 Å². The molecule has 2 aromatic heterocycles. The Hall–Kier alpha value is -0.640. The molecule has 0 saturated carbocycles. The van der Waals surface area contributed by atoms with Crippen LogP contribution in [0.2, 0.25) is 0 Å². The third-order valence-corrected chi connectivity index (χ3v) is 4.76. The molecule has 0 aromatic carbocycles. The van der Waals surface area contributed by atoms with Gasteiger partial charge in [-0.25, -0.2) is 0 Å². The molecule has 0 radical (unpaired) electrons. The first-order chi connectivity index (χ1) is 7.20. The lowest BCUT2D eigenvalue weighted by atomic mass is 10.1. The van der Waals surface area contributed by atoms with E-state index in [1.54, 1.807) is 11.3 Å². The van der Waals surface area contributed by atoms with Crippen molar-refractivity contribution in [1.82, 2.24) is 0 Å². The standard InChI is InChI=1S/C12H15NS2/c1-3-8(2)6-9(13)11-7-12-10(15-11)4-5-14-12/h4-5,7,9H,2-3,6,13H2,1H3. The third kappa shape index (κ3) is 2.30. The Morgan fingerprint density at radius 3 is 3.00 bits per heavy atom. The fraction of sp³-hybridized carbons (Fsp3) is 0.333. The van der Waals surface area contributed by atoms with Gasteiger partial charge in [-0.3, -0.25) is 0 Å². The Morgan fingerprint density at radius 1 is 1.53 bits per heavy atom. The van der Waals surface area contributed by atoms with Crippen LogP contribution in [0.15, 0.2) is 29.7 Å². The largest absolute Gasteiger partial charge is 0.323 e. The second-order valence-corrected chi connectivity index (χ2v) is 5.78. The number of rotatable bonds is 4. The monoisotopic (exact) mass is 237 g/mol. The molecule has 3 heteroatoms. The molecule has 2 aromatic rings. The van der Waals surface area contributed by atoms with Gasteiger partial charge in [-0.05, 0) is 30.4 Å². The molecule has 0 bridgehead atoms. The Bertz CT molecular complexity index is 438. The molecular weight excluding hydrogens is 222 g/mol. The molecule has 2 heterocycles. The van der Waals surface area contributed by atoms with Crippen molar-refractivity contribution >= 4 is 32.1 Å². The number of hydrogen-bond donors (Lipinski definition) is 1. The van der Waals surface area contributed by atoms with E-state index in [4.69, 9.17) is 5.73 Å². The maximum absolute atomic E-state index is 6.15. The lowest BCUT2D eigenvalue weighted by Crippen LogP contribution is -2.08. The second-order valence-electron chi connectivity index (χ2n) is 3.71. The first-order valence-corrected chi connectivity index (χ1v) is 6.79. The van der Waals surface area contributed by atoms with Crippen LogP contribution in [0.3, 0.4) is 0 Å². The predicted octanol–water partition coefficient (Wildman–Crippen LogP) is 4.32. The normalized spacial score (nSPS) is 13.2. The van der Waals surface area contributed by atoms with Crippen LogP contribution in [-0.4, -0.2) is 0 Å². The number of thiophene rings is 2. The highest BCUT2D eigenvalue weighted by atomic mass is 32.1. The van der Waals surface area contributed by atoms with Gasteiger partial charge in [0.25, 0.3) is 0 Å². The molecule has 1 unspecified atom stereocenters. The summed E-state index contributed by atoms with van der Waals surface area (Å²) in [6, 6.07) is 4.51. The summed E-state index contributed by atoms with van der Waals surface area (Å²) >= 11 is 3.59. The maximum Gasteiger partial charge on any atom is 0.0454 e. The summed E-state index contributed by atoms with van der Waals surface area (Å²) in [5.41, 5.74) is 7.38. The molecule has 2 rings (SSSR count). The van der Waals surface area contributed by atoms with Crippen molar-refractivity contribution in [3.8, 4) is 0 Å². The number of hydrogen-bond acceptors (Lipinski definition) is 3. The molecule has 0 spiro atoms. The Kier molecular flexibility index (Phi) is 3.24. The minimum Gasteiger partial charge on any atom is -0.323 e. The molecule has 1 nitrogen and oxygen atoms in total. The minimum atomic E-state index is 0.127. The smallest absolute Gasteiger partial charge is 0.0454 e. The Balaban J connectivity index is 2.16. The average Bonchev–Trinajstić information content (AvgIpc) is 2.76. The van der Waals surface area contributed by atoms with Crippen molar-refractivity contribution in [2.75, 3.05) is 0 Å².